The van der Waals surface area contributed by atoms with Crippen LogP contribution in [0, 0.1) is 0 Å². The number of unbranched alkanes of at least 4 members (excludes halogenated alkanes) is 54. The highest BCUT2D eigenvalue weighted by molar-refractivity contribution is 7.45. The minimum Gasteiger partial charge on any atom is -0.756 e. The number of amides is 1. The second kappa shape index (κ2) is 64.5. The monoisotopic (exact) mass is 1180 g/mol. The molecular formula is C73H145N2O6P. The Kier molecular flexibility index (Phi) is 63.7. The van der Waals surface area contributed by atoms with Gasteiger partial charge in [-0.2, -0.15) is 0 Å². The molecule has 0 bridgehead atoms. The average Bonchev–Trinajstić information content (AvgIpc) is 3.47. The zero-order chi connectivity index (χ0) is 59.8. The van der Waals surface area contributed by atoms with Gasteiger partial charge in [0.1, 0.15) is 13.2 Å². The SMILES string of the molecule is CCCCCCCCCCCCCCCCCC/C=C\CCCCCCCCCCCCCCCCCCCC(=O)NC(COP(=O)([O-])OCC[N+](C)(C)C)C(O)/C=C/CCCCCCCCCCCCCCCCCCCCCCC. The minimum absolute atomic E-state index is 0.00178. The standard InChI is InChI=1S/C73H145N2O6P/c1-6-8-10-12-14-16-18-20-22-24-26-28-30-31-32-33-34-35-36-37-38-39-40-41-42-43-45-47-49-51-53-55-57-59-61-63-65-67-73(77)74-71(70-81-82(78,79)80-69-68-75(3,4)5)72(76)66-64-62-60-58-56-54-52-50-48-46-44-29-27-25-23-21-19-17-15-13-11-9-7-2/h35-36,64,66,71-72,76H,6-34,37-63,65,67-70H2,1-5H3,(H-,74,77,78,79)/b36-35-,66-64+. The fourth-order valence-corrected chi connectivity index (χ4v) is 12.2. The lowest BCUT2D eigenvalue weighted by molar-refractivity contribution is -0.870. The van der Waals surface area contributed by atoms with Gasteiger partial charge in [0.05, 0.1) is 39.9 Å². The lowest BCUT2D eigenvalue weighted by Gasteiger charge is -2.29. The van der Waals surface area contributed by atoms with Crippen molar-refractivity contribution >= 4 is 13.7 Å². The number of aliphatic hydroxyl groups excluding tert-OH is 1. The molecule has 0 saturated carbocycles. The number of hydrogen-bond acceptors (Lipinski definition) is 6. The maximum Gasteiger partial charge on any atom is 0.268 e. The highest BCUT2D eigenvalue weighted by Crippen LogP contribution is 2.38. The number of likely N-dealkylation sites (N-methyl/N-ethyl adjacent to an activating group) is 1. The second-order valence-electron chi connectivity index (χ2n) is 26.7. The number of allylic oxidation sites excluding steroid dienone is 3. The van der Waals surface area contributed by atoms with E-state index in [1.165, 1.54) is 327 Å². The van der Waals surface area contributed by atoms with E-state index in [9.17, 15) is 19.4 Å². The molecule has 0 heterocycles. The topological polar surface area (TPSA) is 108 Å². The highest BCUT2D eigenvalue weighted by Gasteiger charge is 2.23. The van der Waals surface area contributed by atoms with Crippen molar-refractivity contribution in [3.63, 3.8) is 0 Å². The fourth-order valence-electron chi connectivity index (χ4n) is 11.4. The maximum atomic E-state index is 13.0. The van der Waals surface area contributed by atoms with Crippen LogP contribution in [0.1, 0.15) is 386 Å². The lowest BCUT2D eigenvalue weighted by atomic mass is 10.0. The Bertz CT molecular complexity index is 1390. The molecule has 3 unspecified atom stereocenters. The molecule has 3 atom stereocenters. The number of aliphatic hydroxyl groups is 1. The lowest BCUT2D eigenvalue weighted by Crippen LogP contribution is -2.45. The molecule has 8 nitrogen and oxygen atoms in total. The molecule has 2 N–H and O–H groups in total. The largest absolute Gasteiger partial charge is 0.756 e. The van der Waals surface area contributed by atoms with Crippen molar-refractivity contribution < 1.29 is 32.9 Å². The van der Waals surface area contributed by atoms with Gasteiger partial charge in [-0.15, -0.1) is 0 Å². The van der Waals surface area contributed by atoms with Gasteiger partial charge in [-0.25, -0.2) is 0 Å². The van der Waals surface area contributed by atoms with Crippen LogP contribution < -0.4 is 10.2 Å². The predicted octanol–water partition coefficient (Wildman–Crippen LogP) is 22.8. The van der Waals surface area contributed by atoms with Crippen LogP contribution in [0.15, 0.2) is 24.3 Å². The Hall–Kier alpha value is -1.02. The van der Waals surface area contributed by atoms with Gasteiger partial charge in [-0.3, -0.25) is 9.36 Å². The third-order valence-corrected chi connectivity index (χ3v) is 18.1. The number of nitrogens with one attached hydrogen (secondary N) is 1. The van der Waals surface area contributed by atoms with Crippen molar-refractivity contribution in [3.05, 3.63) is 24.3 Å². The maximum absolute atomic E-state index is 13.0. The molecule has 0 fully saturated rings. The normalized spacial score (nSPS) is 13.7. The van der Waals surface area contributed by atoms with Gasteiger partial charge >= 0.3 is 0 Å². The molecule has 0 aromatic heterocycles. The van der Waals surface area contributed by atoms with Gasteiger partial charge in [-0.1, -0.05) is 359 Å². The molecular weight excluding hydrogens is 1030 g/mol. The Morgan fingerprint density at radius 3 is 0.951 bits per heavy atom. The van der Waals surface area contributed by atoms with Crippen molar-refractivity contribution in [2.24, 2.45) is 0 Å². The Labute approximate surface area is 513 Å². The number of phosphoric acid groups is 1. The van der Waals surface area contributed by atoms with E-state index in [0.29, 0.717) is 17.4 Å². The molecule has 0 radical (unpaired) electrons. The number of hydrogen-bond donors (Lipinski definition) is 2. The highest BCUT2D eigenvalue weighted by atomic mass is 31.2. The van der Waals surface area contributed by atoms with Crippen LogP contribution >= 0.6 is 7.82 Å². The predicted molar refractivity (Wildman–Crippen MR) is 358 cm³/mol. The van der Waals surface area contributed by atoms with E-state index in [1.54, 1.807) is 6.08 Å². The third-order valence-electron chi connectivity index (χ3n) is 17.2. The molecule has 0 aliphatic heterocycles. The van der Waals surface area contributed by atoms with Crippen LogP contribution in [0.4, 0.5) is 0 Å². The number of rotatable bonds is 69. The quantitative estimate of drug-likeness (QED) is 0.0272. The van der Waals surface area contributed by atoms with Gasteiger partial charge in [0.15, 0.2) is 0 Å². The molecule has 0 rings (SSSR count). The van der Waals surface area contributed by atoms with Gasteiger partial charge in [0.25, 0.3) is 7.82 Å². The van der Waals surface area contributed by atoms with Gasteiger partial charge in [0, 0.05) is 6.42 Å². The molecule has 488 valence electrons. The molecule has 82 heavy (non-hydrogen) atoms. The van der Waals surface area contributed by atoms with Gasteiger partial charge < -0.3 is 28.8 Å². The first-order valence-electron chi connectivity index (χ1n) is 36.7. The molecule has 1 amide bonds. The average molecular weight is 1180 g/mol. The van der Waals surface area contributed by atoms with E-state index in [2.05, 4.69) is 31.3 Å². The number of carbonyl (C=O) groups is 1. The van der Waals surface area contributed by atoms with Gasteiger partial charge in [-0.05, 0) is 44.9 Å². The third kappa shape index (κ3) is 66.5. The van der Waals surface area contributed by atoms with Crippen LogP contribution in [-0.4, -0.2) is 68.5 Å². The van der Waals surface area contributed by atoms with Gasteiger partial charge in [0.2, 0.25) is 5.91 Å². The van der Waals surface area contributed by atoms with E-state index < -0.39 is 20.0 Å². The van der Waals surface area contributed by atoms with Crippen molar-refractivity contribution in [2.45, 2.75) is 398 Å². The summed E-state index contributed by atoms with van der Waals surface area (Å²) in [6.07, 6.45) is 84.6. The van der Waals surface area contributed by atoms with Crippen LogP contribution in [0.2, 0.25) is 0 Å². The van der Waals surface area contributed by atoms with E-state index in [-0.39, 0.29) is 19.1 Å². The van der Waals surface area contributed by atoms with Crippen LogP contribution in [0.25, 0.3) is 0 Å². The Balaban J connectivity index is 3.96. The zero-order valence-corrected chi connectivity index (χ0v) is 56.9. The van der Waals surface area contributed by atoms with Crippen molar-refractivity contribution in [2.75, 3.05) is 40.9 Å². The number of phosphoric ester groups is 1. The van der Waals surface area contributed by atoms with Crippen LogP contribution in [0.5, 0.6) is 0 Å². The van der Waals surface area contributed by atoms with Crippen LogP contribution in [-0.2, 0) is 18.4 Å². The van der Waals surface area contributed by atoms with Crippen molar-refractivity contribution in [3.8, 4) is 0 Å². The van der Waals surface area contributed by atoms with Crippen molar-refractivity contribution in [1.29, 1.82) is 0 Å². The minimum atomic E-state index is -4.60. The van der Waals surface area contributed by atoms with Crippen molar-refractivity contribution in [1.82, 2.24) is 5.32 Å². The fraction of sp³-hybridized carbons (Fsp3) is 0.932. The summed E-state index contributed by atoms with van der Waals surface area (Å²) >= 11 is 0. The smallest absolute Gasteiger partial charge is 0.268 e. The molecule has 0 saturated heterocycles. The summed E-state index contributed by atoms with van der Waals surface area (Å²) in [6, 6.07) is -0.886. The summed E-state index contributed by atoms with van der Waals surface area (Å²) in [4.78, 5) is 25.6. The summed E-state index contributed by atoms with van der Waals surface area (Å²) < 4.78 is 23.5. The molecule has 0 aromatic carbocycles. The zero-order valence-electron chi connectivity index (χ0n) is 56.0. The molecule has 0 spiro atoms. The molecule has 0 aromatic rings. The summed E-state index contributed by atoms with van der Waals surface area (Å²) in [6.45, 7) is 4.72. The first-order chi connectivity index (χ1) is 40.0. The van der Waals surface area contributed by atoms with E-state index >= 15 is 0 Å². The number of nitrogens with zero attached hydrogens (tertiary/aromatic N) is 1. The van der Waals surface area contributed by atoms with E-state index in [4.69, 9.17) is 9.05 Å². The van der Waals surface area contributed by atoms with E-state index in [1.807, 2.05) is 27.2 Å². The summed E-state index contributed by atoms with van der Waals surface area (Å²) in [5.74, 6) is -0.189. The second-order valence-corrected chi connectivity index (χ2v) is 28.1. The molecule has 0 aliphatic rings. The Morgan fingerprint density at radius 1 is 0.415 bits per heavy atom. The van der Waals surface area contributed by atoms with Crippen LogP contribution in [0.3, 0.4) is 0 Å². The summed E-state index contributed by atoms with van der Waals surface area (Å²) in [5, 5.41) is 14.0. The first kappa shape index (κ1) is 81.0. The number of quaternary nitrogens is 1. The Morgan fingerprint density at radius 2 is 0.671 bits per heavy atom. The summed E-state index contributed by atoms with van der Waals surface area (Å²) in [5.41, 5.74) is 0. The van der Waals surface area contributed by atoms with E-state index in [0.717, 1.165) is 38.5 Å². The first-order valence-corrected chi connectivity index (χ1v) is 38.2. The number of carbonyl (C=O) groups excluding carboxylic acids is 1. The molecule has 0 aliphatic carbocycles. The molecule has 9 heteroatoms. The summed E-state index contributed by atoms with van der Waals surface area (Å²) in [7, 11) is 1.28.